The minimum Gasteiger partial charge on any atom is -0.618 e. The van der Waals surface area contributed by atoms with Crippen molar-refractivity contribution >= 4 is 54.9 Å². The first-order valence-electron chi connectivity index (χ1n) is 9.54. The second kappa shape index (κ2) is 9.38. The SMILES string of the molecule is O=C(Nc1c(I)cc(C(F)(C(F)(F)F)C(F)(F)F)cc1S(=O)(=O)C(F)(F)F)c1ccc2ccc[n+]([O-])c2c1. The minimum absolute atomic E-state index is 0.120. The van der Waals surface area contributed by atoms with Gasteiger partial charge in [0.15, 0.2) is 6.20 Å². The Morgan fingerprint density at radius 3 is 2.00 bits per heavy atom. The van der Waals surface area contributed by atoms with Crippen LogP contribution in [0.25, 0.3) is 10.9 Å². The quantitative estimate of drug-likeness (QED) is 0.160. The fourth-order valence-corrected chi connectivity index (χ4v) is 5.14. The van der Waals surface area contributed by atoms with Crippen molar-refractivity contribution in [2.45, 2.75) is 28.4 Å². The molecule has 0 fully saturated rings. The van der Waals surface area contributed by atoms with Crippen molar-refractivity contribution < 1.29 is 61.8 Å². The summed E-state index contributed by atoms with van der Waals surface area (Å²) in [5, 5.41) is 13.9. The van der Waals surface area contributed by atoms with Crippen LogP contribution in [-0.2, 0) is 15.5 Å². The maximum absolute atomic E-state index is 14.6. The fraction of sp³-hybridized carbons (Fsp3) is 0.200. The number of amides is 1. The van der Waals surface area contributed by atoms with Crippen LogP contribution in [0.1, 0.15) is 15.9 Å². The molecular formula is C20H9F10IN2O4S. The van der Waals surface area contributed by atoms with Crippen LogP contribution in [0.4, 0.5) is 49.6 Å². The smallest absolute Gasteiger partial charge is 0.501 e. The van der Waals surface area contributed by atoms with Crippen molar-refractivity contribution in [1.82, 2.24) is 0 Å². The van der Waals surface area contributed by atoms with Gasteiger partial charge in [0.25, 0.3) is 15.7 Å². The maximum atomic E-state index is 14.6. The molecule has 0 saturated heterocycles. The van der Waals surface area contributed by atoms with Crippen LogP contribution >= 0.6 is 22.6 Å². The minimum atomic E-state index is -6.77. The van der Waals surface area contributed by atoms with Crippen molar-refractivity contribution in [3.63, 3.8) is 0 Å². The lowest BCUT2D eigenvalue weighted by Gasteiger charge is -2.31. The topological polar surface area (TPSA) is 90.2 Å². The molecular weight excluding hydrogens is 681 g/mol. The summed E-state index contributed by atoms with van der Waals surface area (Å²) in [4.78, 5) is 10.4. The lowest BCUT2D eigenvalue weighted by Crippen LogP contribution is -2.50. The molecule has 1 amide bonds. The molecule has 206 valence electrons. The first-order chi connectivity index (χ1) is 17.1. The van der Waals surface area contributed by atoms with Gasteiger partial charge in [-0.25, -0.2) is 12.8 Å². The normalized spacial score (nSPS) is 13.6. The number of aromatic nitrogens is 1. The second-order valence-corrected chi connectivity index (χ2v) is 10.6. The average molecular weight is 690 g/mol. The zero-order chi connectivity index (χ0) is 29.1. The van der Waals surface area contributed by atoms with E-state index in [9.17, 15) is 62.3 Å². The number of alkyl halides is 10. The third kappa shape index (κ3) is 4.94. The molecule has 1 N–H and O–H groups in total. The number of nitrogens with one attached hydrogen (secondary N) is 1. The van der Waals surface area contributed by atoms with Crippen LogP contribution in [0, 0.1) is 8.78 Å². The first kappa shape index (κ1) is 29.7. The maximum Gasteiger partial charge on any atom is 0.501 e. The Labute approximate surface area is 218 Å². The monoisotopic (exact) mass is 690 g/mol. The zero-order valence-electron chi connectivity index (χ0n) is 17.8. The highest BCUT2D eigenvalue weighted by atomic mass is 127. The Morgan fingerprint density at radius 1 is 0.895 bits per heavy atom. The molecule has 0 bridgehead atoms. The number of anilines is 1. The Morgan fingerprint density at radius 2 is 1.47 bits per heavy atom. The third-order valence-electron chi connectivity index (χ3n) is 5.09. The van der Waals surface area contributed by atoms with Gasteiger partial charge in [0.1, 0.15) is 4.90 Å². The van der Waals surface area contributed by atoms with E-state index in [1.165, 1.54) is 18.2 Å². The fourth-order valence-electron chi connectivity index (χ4n) is 3.23. The summed E-state index contributed by atoms with van der Waals surface area (Å²) in [5.41, 5.74) is -17.0. The molecule has 0 spiro atoms. The molecule has 0 aliphatic heterocycles. The number of fused-ring (bicyclic) bond motifs is 1. The predicted molar refractivity (Wildman–Crippen MR) is 118 cm³/mol. The van der Waals surface area contributed by atoms with E-state index in [2.05, 4.69) is 0 Å². The van der Waals surface area contributed by atoms with Gasteiger partial charge in [-0.15, -0.1) is 0 Å². The Kier molecular flexibility index (Phi) is 7.32. The van der Waals surface area contributed by atoms with Gasteiger partial charge < -0.3 is 10.5 Å². The van der Waals surface area contributed by atoms with Crippen molar-refractivity contribution in [2.24, 2.45) is 0 Å². The van der Waals surface area contributed by atoms with Gasteiger partial charge in [-0.05, 0) is 52.9 Å². The molecule has 38 heavy (non-hydrogen) atoms. The number of pyridine rings is 1. The highest BCUT2D eigenvalue weighted by molar-refractivity contribution is 14.1. The van der Waals surface area contributed by atoms with Crippen LogP contribution in [0.15, 0.2) is 53.6 Å². The van der Waals surface area contributed by atoms with Crippen LogP contribution in [0.5, 0.6) is 0 Å². The second-order valence-electron chi connectivity index (χ2n) is 7.50. The summed E-state index contributed by atoms with van der Waals surface area (Å²) in [6.07, 6.45) is -12.5. The molecule has 18 heteroatoms. The Balaban J connectivity index is 2.27. The summed E-state index contributed by atoms with van der Waals surface area (Å²) < 4.78 is 157. The standard InChI is InChI=1S/C20H9F10IN2O4S/c21-17(18(22,23)24,19(25,26)27)11-7-12(31)15(14(8-11)38(36,37)20(28,29)30)32-16(34)10-4-3-9-2-1-5-33(35)13(9)6-10/h1-8H,(H,32,34). The molecule has 0 atom stereocenters. The van der Waals surface area contributed by atoms with E-state index in [0.717, 1.165) is 40.9 Å². The molecule has 6 nitrogen and oxygen atoms in total. The van der Waals surface area contributed by atoms with Crippen LogP contribution < -0.4 is 10.0 Å². The lowest BCUT2D eigenvalue weighted by molar-refractivity contribution is -0.577. The van der Waals surface area contributed by atoms with Crippen LogP contribution in [0.3, 0.4) is 0 Å². The lowest BCUT2D eigenvalue weighted by atomic mass is 9.94. The number of carbonyl (C=O) groups excluding carboxylic acids is 1. The van der Waals surface area contributed by atoms with Crippen molar-refractivity contribution in [3.8, 4) is 0 Å². The van der Waals surface area contributed by atoms with Crippen molar-refractivity contribution in [1.29, 1.82) is 0 Å². The molecule has 0 aliphatic carbocycles. The van der Waals surface area contributed by atoms with Gasteiger partial charge in [-0.3, -0.25) is 4.79 Å². The van der Waals surface area contributed by atoms with E-state index in [0.29, 0.717) is 10.1 Å². The molecule has 1 heterocycles. The molecule has 0 aliphatic rings. The van der Waals surface area contributed by atoms with E-state index >= 15 is 0 Å². The van der Waals surface area contributed by atoms with E-state index in [1.54, 1.807) is 5.32 Å². The average Bonchev–Trinajstić information content (AvgIpc) is 2.77. The number of halogens is 11. The van der Waals surface area contributed by atoms with Crippen molar-refractivity contribution in [2.75, 3.05) is 5.32 Å². The highest BCUT2D eigenvalue weighted by Gasteiger charge is 2.73. The van der Waals surface area contributed by atoms with Crippen LogP contribution in [-0.4, -0.2) is 32.2 Å². The van der Waals surface area contributed by atoms with E-state index < -0.39 is 70.6 Å². The molecule has 0 radical (unpaired) electrons. The third-order valence-corrected chi connectivity index (χ3v) is 7.45. The van der Waals surface area contributed by atoms with E-state index in [4.69, 9.17) is 0 Å². The summed E-state index contributed by atoms with van der Waals surface area (Å²) in [5.74, 6) is -1.39. The molecule has 3 aromatic rings. The van der Waals surface area contributed by atoms with E-state index in [-0.39, 0.29) is 11.6 Å². The summed E-state index contributed by atoms with van der Waals surface area (Å²) in [6.45, 7) is 0. The summed E-state index contributed by atoms with van der Waals surface area (Å²) in [6, 6.07) is 5.04. The summed E-state index contributed by atoms with van der Waals surface area (Å²) >= 11 is 0.846. The number of hydrogen-bond acceptors (Lipinski definition) is 4. The van der Waals surface area contributed by atoms with Crippen LogP contribution in [0.2, 0.25) is 0 Å². The van der Waals surface area contributed by atoms with Gasteiger partial charge >= 0.3 is 23.5 Å². The molecule has 3 rings (SSSR count). The number of nitrogens with zero attached hydrogens (tertiary/aromatic N) is 1. The van der Waals surface area contributed by atoms with Gasteiger partial charge in [0.05, 0.1) is 5.69 Å². The Hall–Kier alpha value is -2.90. The number of hydrogen-bond donors (Lipinski definition) is 1. The summed E-state index contributed by atoms with van der Waals surface area (Å²) in [7, 11) is -6.75. The number of benzene rings is 2. The Bertz CT molecular complexity index is 1520. The molecule has 1 aromatic heterocycles. The molecule has 2 aromatic carbocycles. The zero-order valence-corrected chi connectivity index (χ0v) is 20.7. The van der Waals surface area contributed by atoms with Gasteiger partial charge in [-0.1, -0.05) is 0 Å². The van der Waals surface area contributed by atoms with Gasteiger partial charge in [0.2, 0.25) is 5.52 Å². The molecule has 0 saturated carbocycles. The van der Waals surface area contributed by atoms with Gasteiger partial charge in [0, 0.05) is 32.2 Å². The largest absolute Gasteiger partial charge is 0.618 e. The molecule has 0 unspecified atom stereocenters. The van der Waals surface area contributed by atoms with Crippen molar-refractivity contribution in [3.05, 3.63) is 68.6 Å². The number of sulfone groups is 1. The number of rotatable bonds is 4. The van der Waals surface area contributed by atoms with E-state index in [1.807, 2.05) is 0 Å². The first-order valence-corrected chi connectivity index (χ1v) is 12.1. The van der Waals surface area contributed by atoms with Gasteiger partial charge in [-0.2, -0.15) is 44.2 Å². The highest BCUT2D eigenvalue weighted by Crippen LogP contribution is 2.54. The number of carbonyl (C=O) groups is 1. The predicted octanol–water partition coefficient (Wildman–Crippen LogP) is 5.91.